The molecule has 0 N–H and O–H groups in total. The predicted octanol–water partition coefficient (Wildman–Crippen LogP) is 8.01. The molecule has 5 aromatic rings. The molecule has 0 saturated heterocycles. The molecular weight excluding hydrogens is 562 g/mol. The molecule has 1 aliphatic heterocycles. The number of rotatable bonds is 7. The summed E-state index contributed by atoms with van der Waals surface area (Å²) in [6, 6.07) is 50.3. The summed E-state index contributed by atoms with van der Waals surface area (Å²) in [7, 11) is -1.77. The van der Waals surface area contributed by atoms with Gasteiger partial charge in [0.2, 0.25) is 0 Å². The van der Waals surface area contributed by atoms with Crippen molar-refractivity contribution in [3.05, 3.63) is 162 Å². The summed E-state index contributed by atoms with van der Waals surface area (Å²) in [6.45, 7) is 5.55. The van der Waals surface area contributed by atoms with Gasteiger partial charge in [-0.05, 0) is 67.6 Å². The Balaban J connectivity index is 1.65. The summed E-state index contributed by atoms with van der Waals surface area (Å²) >= 11 is 0. The van der Waals surface area contributed by atoms with Crippen molar-refractivity contribution in [2.75, 3.05) is 13.2 Å². The van der Waals surface area contributed by atoms with Gasteiger partial charge in [-0.1, -0.05) is 140 Å². The predicted molar refractivity (Wildman–Crippen MR) is 187 cm³/mol. The van der Waals surface area contributed by atoms with E-state index in [2.05, 4.69) is 159 Å². The van der Waals surface area contributed by atoms with Gasteiger partial charge >= 0.3 is 0 Å². The van der Waals surface area contributed by atoms with Crippen molar-refractivity contribution in [1.82, 2.24) is 0 Å². The third-order valence-corrected chi connectivity index (χ3v) is 12.6. The van der Waals surface area contributed by atoms with E-state index in [1.54, 1.807) is 0 Å². The Labute approximate surface area is 258 Å². The molecule has 1 aliphatic rings. The number of ether oxygens (including phenoxy) is 2. The maximum atomic E-state index is 6.61. The molecular formula is C39H36O2P2. The molecule has 214 valence electrons. The number of allylic oxidation sites excluding steroid dienone is 4. The third kappa shape index (κ3) is 6.37. The lowest BCUT2D eigenvalue weighted by Gasteiger charge is -2.30. The van der Waals surface area contributed by atoms with Gasteiger partial charge in [-0.2, -0.15) is 0 Å². The lowest BCUT2D eigenvalue weighted by molar-refractivity contribution is 0.189. The molecule has 1 heterocycles. The van der Waals surface area contributed by atoms with Crippen molar-refractivity contribution in [3.8, 4) is 5.75 Å². The van der Waals surface area contributed by atoms with E-state index in [-0.39, 0.29) is 0 Å². The van der Waals surface area contributed by atoms with Crippen LogP contribution in [0.25, 0.3) is 5.57 Å². The highest BCUT2D eigenvalue weighted by molar-refractivity contribution is 7.80. The van der Waals surface area contributed by atoms with Crippen LogP contribution in [-0.4, -0.2) is 13.2 Å². The number of fused-ring (bicyclic) bond motifs is 1. The van der Waals surface area contributed by atoms with Gasteiger partial charge in [0.05, 0.1) is 13.2 Å². The molecule has 0 aromatic heterocycles. The smallest absolute Gasteiger partial charge is 0.127 e. The van der Waals surface area contributed by atoms with Gasteiger partial charge in [0, 0.05) is 17.6 Å². The van der Waals surface area contributed by atoms with E-state index < -0.39 is 15.8 Å². The van der Waals surface area contributed by atoms with Crippen LogP contribution in [0.15, 0.2) is 157 Å². The van der Waals surface area contributed by atoms with Gasteiger partial charge in [0.15, 0.2) is 0 Å². The van der Waals surface area contributed by atoms with Gasteiger partial charge in [-0.25, -0.2) is 0 Å². The second-order valence-electron chi connectivity index (χ2n) is 10.3. The summed E-state index contributed by atoms with van der Waals surface area (Å²) in [4.78, 5) is 0. The Morgan fingerprint density at radius 3 is 1.58 bits per heavy atom. The number of benzene rings is 5. The van der Waals surface area contributed by atoms with E-state index in [9.17, 15) is 0 Å². The quantitative estimate of drug-likeness (QED) is 0.177. The Morgan fingerprint density at radius 1 is 0.581 bits per heavy atom. The van der Waals surface area contributed by atoms with E-state index in [4.69, 9.17) is 9.47 Å². The van der Waals surface area contributed by atoms with Crippen molar-refractivity contribution >= 4 is 47.9 Å². The van der Waals surface area contributed by atoms with Crippen LogP contribution >= 0.6 is 15.8 Å². The first-order chi connectivity index (χ1) is 21.3. The molecule has 0 aliphatic carbocycles. The molecule has 0 bridgehead atoms. The first-order valence-corrected chi connectivity index (χ1v) is 17.5. The molecule has 0 spiro atoms. The molecule has 0 unspecified atom stereocenters. The standard InChI is InChI=1S/C39H36O2P2/c1-3-36(42(31-18-8-4-9-19-31)32-20-10-5-11-21-32)38-30(2)40-28-17-29-41-35-26-16-27-37(39(35)38)43(33-22-12-6-13-23-33)34-24-14-7-15-25-34/h3-16,18-27H,17,28-29H2,1-2H3/b36-3+,38-30?. The average molecular weight is 599 g/mol. The summed E-state index contributed by atoms with van der Waals surface area (Å²) in [5.74, 6) is 1.87. The van der Waals surface area contributed by atoms with E-state index in [1.165, 1.54) is 31.8 Å². The third-order valence-electron chi connectivity index (χ3n) is 7.54. The molecule has 43 heavy (non-hydrogen) atoms. The Hall–Kier alpha value is -3.96. The normalized spacial score (nSPS) is 13.9. The summed E-state index contributed by atoms with van der Waals surface area (Å²) in [6.07, 6.45) is 3.14. The number of hydrogen-bond donors (Lipinski definition) is 0. The molecule has 2 nitrogen and oxygen atoms in total. The minimum atomic E-state index is -0.883. The fourth-order valence-corrected chi connectivity index (χ4v) is 10.7. The molecule has 5 aromatic carbocycles. The van der Waals surface area contributed by atoms with Gasteiger partial charge in [0.1, 0.15) is 11.5 Å². The van der Waals surface area contributed by atoms with Gasteiger partial charge in [-0.3, -0.25) is 0 Å². The molecule has 0 saturated carbocycles. The Bertz CT molecular complexity index is 1620. The fraction of sp³-hybridized carbons (Fsp3) is 0.128. The van der Waals surface area contributed by atoms with Crippen LogP contribution in [0.1, 0.15) is 25.8 Å². The summed E-state index contributed by atoms with van der Waals surface area (Å²) < 4.78 is 13.2. The molecule has 0 amide bonds. The first kappa shape index (κ1) is 29.1. The second-order valence-corrected chi connectivity index (χ2v) is 14.7. The fourth-order valence-electron chi connectivity index (χ4n) is 5.65. The highest BCUT2D eigenvalue weighted by Crippen LogP contribution is 2.53. The highest BCUT2D eigenvalue weighted by Gasteiger charge is 2.31. The van der Waals surface area contributed by atoms with E-state index in [0.717, 1.165) is 29.1 Å². The zero-order valence-electron chi connectivity index (χ0n) is 24.7. The van der Waals surface area contributed by atoms with Crippen LogP contribution in [0.2, 0.25) is 0 Å². The molecule has 4 heteroatoms. The molecule has 0 radical (unpaired) electrons. The first-order valence-electron chi connectivity index (χ1n) is 14.8. The molecule has 0 atom stereocenters. The average Bonchev–Trinajstić information content (AvgIpc) is 3.14. The highest BCUT2D eigenvalue weighted by atomic mass is 31.1. The van der Waals surface area contributed by atoms with Crippen LogP contribution in [-0.2, 0) is 4.74 Å². The van der Waals surface area contributed by atoms with Crippen molar-refractivity contribution in [3.63, 3.8) is 0 Å². The zero-order chi connectivity index (χ0) is 29.4. The van der Waals surface area contributed by atoms with E-state index in [0.29, 0.717) is 13.2 Å². The number of hydrogen-bond acceptors (Lipinski definition) is 2. The van der Waals surface area contributed by atoms with Crippen LogP contribution in [0.5, 0.6) is 5.75 Å². The van der Waals surface area contributed by atoms with Crippen LogP contribution in [0.3, 0.4) is 0 Å². The largest absolute Gasteiger partial charge is 0.497 e. The Kier molecular flexibility index (Phi) is 9.49. The summed E-state index contributed by atoms with van der Waals surface area (Å²) in [5, 5.41) is 7.80. The van der Waals surface area contributed by atoms with Gasteiger partial charge < -0.3 is 9.47 Å². The van der Waals surface area contributed by atoms with Gasteiger partial charge in [0.25, 0.3) is 0 Å². The monoisotopic (exact) mass is 598 g/mol. The SMILES string of the molecule is C/C=C(\C1=C(C)OCCCOc2cccc(P(c3ccccc3)c3ccccc3)c21)P(c1ccccc1)c1ccccc1. The molecule has 0 fully saturated rings. The minimum absolute atomic E-state index is 0.614. The maximum absolute atomic E-state index is 6.61. The van der Waals surface area contributed by atoms with Crippen LogP contribution in [0, 0.1) is 0 Å². The van der Waals surface area contributed by atoms with Crippen molar-refractivity contribution in [2.45, 2.75) is 20.3 Å². The topological polar surface area (TPSA) is 18.5 Å². The van der Waals surface area contributed by atoms with E-state index in [1.807, 2.05) is 0 Å². The van der Waals surface area contributed by atoms with Crippen LogP contribution in [0.4, 0.5) is 0 Å². The van der Waals surface area contributed by atoms with Crippen molar-refractivity contribution in [1.29, 1.82) is 0 Å². The zero-order valence-corrected chi connectivity index (χ0v) is 26.5. The minimum Gasteiger partial charge on any atom is -0.497 e. The lowest BCUT2D eigenvalue weighted by Crippen LogP contribution is -2.24. The summed E-state index contributed by atoms with van der Waals surface area (Å²) in [5.41, 5.74) is 2.29. The van der Waals surface area contributed by atoms with Crippen molar-refractivity contribution in [2.24, 2.45) is 0 Å². The lowest BCUT2D eigenvalue weighted by atomic mass is 10.0. The molecule has 6 rings (SSSR count). The second kappa shape index (κ2) is 14.0. The maximum Gasteiger partial charge on any atom is 0.127 e. The van der Waals surface area contributed by atoms with Gasteiger partial charge in [-0.15, -0.1) is 0 Å². The van der Waals surface area contributed by atoms with Crippen LogP contribution < -0.4 is 31.3 Å². The Morgan fingerprint density at radius 2 is 1.07 bits per heavy atom. The van der Waals surface area contributed by atoms with Crippen molar-refractivity contribution < 1.29 is 9.47 Å². The van der Waals surface area contributed by atoms with E-state index >= 15 is 0 Å².